The molecule has 5 heteroatoms. The van der Waals surface area contributed by atoms with Gasteiger partial charge < -0.3 is 5.32 Å². The molecule has 2 atom stereocenters. The largest absolute Gasteiger partial charge is 0.356 e. The first kappa shape index (κ1) is 17.7. The lowest BCUT2D eigenvalue weighted by atomic mass is 9.95. The summed E-state index contributed by atoms with van der Waals surface area (Å²) in [6.45, 7) is 4.70. The van der Waals surface area contributed by atoms with Crippen LogP contribution in [0.3, 0.4) is 0 Å². The molecule has 0 aromatic carbocycles. The van der Waals surface area contributed by atoms with Crippen LogP contribution in [0.1, 0.15) is 43.1 Å². The number of likely N-dealkylation sites (tertiary alicyclic amines) is 1. The normalized spacial score (nSPS) is 26.9. The van der Waals surface area contributed by atoms with Crippen LogP contribution >= 0.6 is 0 Å². The quantitative estimate of drug-likeness (QED) is 0.758. The van der Waals surface area contributed by atoms with Gasteiger partial charge in [-0.05, 0) is 68.9 Å². The Morgan fingerprint density at radius 2 is 1.96 bits per heavy atom. The zero-order chi connectivity index (χ0) is 18.1. The first-order valence-electron chi connectivity index (χ1n) is 10.1. The van der Waals surface area contributed by atoms with Crippen molar-refractivity contribution in [1.82, 2.24) is 15.2 Å². The number of piperidine rings is 1. The molecule has 140 valence electrons. The number of nitrogens with zero attached hydrogens (tertiary/aromatic N) is 2. The Bertz CT molecular complexity index is 690. The van der Waals surface area contributed by atoms with Gasteiger partial charge in [-0.15, -0.1) is 0 Å². The van der Waals surface area contributed by atoms with E-state index in [0.717, 1.165) is 44.6 Å². The number of aryl methyl sites for hydroxylation is 3. The van der Waals surface area contributed by atoms with Gasteiger partial charge in [0.1, 0.15) is 5.78 Å². The minimum Gasteiger partial charge on any atom is -0.356 e. The Hall–Kier alpha value is -1.75. The standard InChI is InChI=1S/C21H29N3O2/c1-14(25)11-24-12-17-18(13-24)20(17)21(26)22-10-4-6-16-9-8-15-5-2-3-7-19(15)23-16/h8-9,17-18,20H,2-7,10-13H2,1H3,(H,22,26)/t17-,18-/m1/s1. The highest BCUT2D eigenvalue weighted by molar-refractivity contribution is 5.83. The average Bonchev–Trinajstić information content (AvgIpc) is 3.14. The topological polar surface area (TPSA) is 62.3 Å². The van der Waals surface area contributed by atoms with Crippen LogP contribution in [0, 0.1) is 17.8 Å². The van der Waals surface area contributed by atoms with E-state index in [1.807, 2.05) is 0 Å². The number of carbonyl (C=O) groups excluding carboxylic acids is 2. The third-order valence-electron chi connectivity index (χ3n) is 6.16. The maximum absolute atomic E-state index is 12.3. The van der Waals surface area contributed by atoms with E-state index in [1.54, 1.807) is 6.92 Å². The molecule has 4 rings (SSSR count). The molecule has 0 bridgehead atoms. The van der Waals surface area contributed by atoms with E-state index in [9.17, 15) is 9.59 Å². The van der Waals surface area contributed by atoms with Gasteiger partial charge in [0.15, 0.2) is 0 Å². The summed E-state index contributed by atoms with van der Waals surface area (Å²) < 4.78 is 0. The number of aromatic nitrogens is 1. The summed E-state index contributed by atoms with van der Waals surface area (Å²) in [5, 5.41) is 3.11. The number of Topliss-reactive ketones (excluding diaryl/α,β-unsaturated/α-hetero) is 1. The van der Waals surface area contributed by atoms with Crippen LogP contribution in [-0.4, -0.2) is 47.8 Å². The summed E-state index contributed by atoms with van der Waals surface area (Å²) in [5.41, 5.74) is 3.87. The molecule has 3 aliphatic rings. The zero-order valence-electron chi connectivity index (χ0n) is 15.7. The highest BCUT2D eigenvalue weighted by atomic mass is 16.2. The summed E-state index contributed by atoms with van der Waals surface area (Å²) in [6.07, 6.45) is 6.70. The van der Waals surface area contributed by atoms with Crippen LogP contribution in [0.5, 0.6) is 0 Å². The number of amides is 1. The second kappa shape index (κ2) is 7.47. The molecule has 1 saturated carbocycles. The number of ketones is 1. The van der Waals surface area contributed by atoms with Crippen LogP contribution in [0.2, 0.25) is 0 Å². The Balaban J connectivity index is 1.16. The molecule has 2 heterocycles. The van der Waals surface area contributed by atoms with Gasteiger partial charge in [0.05, 0.1) is 6.54 Å². The van der Waals surface area contributed by atoms with Crippen LogP contribution in [0.15, 0.2) is 12.1 Å². The summed E-state index contributed by atoms with van der Waals surface area (Å²) in [6, 6.07) is 4.40. The van der Waals surface area contributed by atoms with E-state index in [2.05, 4.69) is 22.3 Å². The second-order valence-electron chi connectivity index (χ2n) is 8.26. The second-order valence-corrected chi connectivity index (χ2v) is 8.26. The number of rotatable bonds is 7. The molecule has 1 N–H and O–H groups in total. The zero-order valence-corrected chi connectivity index (χ0v) is 15.7. The van der Waals surface area contributed by atoms with Gasteiger partial charge in [0, 0.05) is 36.9 Å². The van der Waals surface area contributed by atoms with E-state index in [-0.39, 0.29) is 17.6 Å². The molecular formula is C21H29N3O2. The molecule has 0 spiro atoms. The minimum absolute atomic E-state index is 0.181. The number of hydrogen-bond acceptors (Lipinski definition) is 4. The van der Waals surface area contributed by atoms with Crippen molar-refractivity contribution >= 4 is 11.7 Å². The first-order valence-corrected chi connectivity index (χ1v) is 10.1. The molecule has 1 aromatic heterocycles. The van der Waals surface area contributed by atoms with Gasteiger partial charge in [-0.25, -0.2) is 0 Å². The van der Waals surface area contributed by atoms with Crippen molar-refractivity contribution in [2.75, 3.05) is 26.2 Å². The summed E-state index contributed by atoms with van der Waals surface area (Å²) >= 11 is 0. The van der Waals surface area contributed by atoms with E-state index in [4.69, 9.17) is 4.98 Å². The Kier molecular flexibility index (Phi) is 5.07. The van der Waals surface area contributed by atoms with Crippen molar-refractivity contribution in [2.45, 2.75) is 45.4 Å². The van der Waals surface area contributed by atoms with Gasteiger partial charge in [0.25, 0.3) is 0 Å². The average molecular weight is 355 g/mol. The third-order valence-corrected chi connectivity index (χ3v) is 6.16. The maximum Gasteiger partial charge on any atom is 0.223 e. The predicted molar refractivity (Wildman–Crippen MR) is 99.8 cm³/mol. The first-order chi connectivity index (χ1) is 12.6. The van der Waals surface area contributed by atoms with Crippen LogP contribution < -0.4 is 5.32 Å². The molecule has 1 aliphatic heterocycles. The van der Waals surface area contributed by atoms with Gasteiger partial charge in [-0.1, -0.05) is 6.07 Å². The van der Waals surface area contributed by atoms with Gasteiger partial charge >= 0.3 is 0 Å². The lowest BCUT2D eigenvalue weighted by Crippen LogP contribution is -2.34. The van der Waals surface area contributed by atoms with Crippen molar-refractivity contribution in [3.8, 4) is 0 Å². The lowest BCUT2D eigenvalue weighted by Gasteiger charge is -2.17. The lowest BCUT2D eigenvalue weighted by molar-refractivity contribution is -0.123. The maximum atomic E-state index is 12.3. The Morgan fingerprint density at radius 1 is 1.19 bits per heavy atom. The third kappa shape index (κ3) is 3.83. The van der Waals surface area contributed by atoms with Gasteiger partial charge in [0.2, 0.25) is 5.91 Å². The summed E-state index contributed by atoms with van der Waals surface area (Å²) in [5.74, 6) is 1.54. The van der Waals surface area contributed by atoms with Crippen molar-refractivity contribution in [2.24, 2.45) is 17.8 Å². The molecule has 1 saturated heterocycles. The van der Waals surface area contributed by atoms with E-state index in [1.165, 1.54) is 30.5 Å². The van der Waals surface area contributed by atoms with Gasteiger partial charge in [-0.3, -0.25) is 19.5 Å². The molecule has 0 unspecified atom stereocenters. The number of hydrogen-bond donors (Lipinski definition) is 1. The van der Waals surface area contributed by atoms with Crippen LogP contribution in [0.4, 0.5) is 0 Å². The van der Waals surface area contributed by atoms with Crippen LogP contribution in [0.25, 0.3) is 0 Å². The number of carbonyl (C=O) groups is 2. The number of nitrogens with one attached hydrogen (secondary N) is 1. The van der Waals surface area contributed by atoms with Crippen LogP contribution in [-0.2, 0) is 28.9 Å². The summed E-state index contributed by atoms with van der Waals surface area (Å²) in [7, 11) is 0. The molecular weight excluding hydrogens is 326 g/mol. The minimum atomic E-state index is 0.181. The summed E-state index contributed by atoms with van der Waals surface area (Å²) in [4.78, 5) is 30.5. The molecule has 26 heavy (non-hydrogen) atoms. The van der Waals surface area contributed by atoms with E-state index >= 15 is 0 Å². The SMILES string of the molecule is CC(=O)CN1C[C@H]2C(C(=O)NCCCc3ccc4c(n3)CCCC4)[C@@H]2C1. The fourth-order valence-corrected chi connectivity index (χ4v) is 4.81. The van der Waals surface area contributed by atoms with E-state index < -0.39 is 0 Å². The fraction of sp³-hybridized carbons (Fsp3) is 0.667. The molecule has 2 fully saturated rings. The smallest absolute Gasteiger partial charge is 0.223 e. The molecule has 2 aliphatic carbocycles. The fourth-order valence-electron chi connectivity index (χ4n) is 4.81. The Labute approximate surface area is 155 Å². The molecule has 5 nitrogen and oxygen atoms in total. The number of pyridine rings is 1. The number of fused-ring (bicyclic) bond motifs is 2. The molecule has 0 radical (unpaired) electrons. The highest BCUT2D eigenvalue weighted by Gasteiger charge is 2.59. The van der Waals surface area contributed by atoms with Crippen molar-refractivity contribution in [1.29, 1.82) is 0 Å². The van der Waals surface area contributed by atoms with Crippen molar-refractivity contribution < 1.29 is 9.59 Å². The van der Waals surface area contributed by atoms with Gasteiger partial charge in [-0.2, -0.15) is 0 Å². The molecule has 1 aromatic rings. The van der Waals surface area contributed by atoms with E-state index in [0.29, 0.717) is 18.4 Å². The van der Waals surface area contributed by atoms with Crippen molar-refractivity contribution in [3.05, 3.63) is 29.1 Å². The Morgan fingerprint density at radius 3 is 2.73 bits per heavy atom. The molecule has 1 amide bonds. The predicted octanol–water partition coefficient (Wildman–Crippen LogP) is 1.78. The highest BCUT2D eigenvalue weighted by Crippen LogP contribution is 2.51. The van der Waals surface area contributed by atoms with Crippen molar-refractivity contribution in [3.63, 3.8) is 0 Å². The monoisotopic (exact) mass is 355 g/mol.